The summed E-state index contributed by atoms with van der Waals surface area (Å²) in [6.07, 6.45) is 9.48. The van der Waals surface area contributed by atoms with Gasteiger partial charge in [0.2, 0.25) is 0 Å². The Bertz CT molecular complexity index is 973. The summed E-state index contributed by atoms with van der Waals surface area (Å²) in [5.41, 5.74) is 18.9. The average Bonchev–Trinajstić information content (AvgIpc) is 2.72. The molecule has 2 heterocycles. The number of nitrogens with zero attached hydrogens (tertiary/aromatic N) is 3. The van der Waals surface area contributed by atoms with Crippen molar-refractivity contribution in [2.75, 3.05) is 5.73 Å². The van der Waals surface area contributed by atoms with Crippen molar-refractivity contribution in [1.82, 2.24) is 14.3 Å². The van der Waals surface area contributed by atoms with Crippen LogP contribution in [-0.2, 0) is 26.6 Å². The van der Waals surface area contributed by atoms with E-state index in [1.165, 1.54) is 35.9 Å². The Labute approximate surface area is 174 Å². The van der Waals surface area contributed by atoms with Crippen molar-refractivity contribution in [3.05, 3.63) is 52.7 Å². The van der Waals surface area contributed by atoms with Crippen LogP contribution in [0.4, 0.5) is 5.82 Å². The number of nitrogens with two attached hydrogens (primary N) is 2. The van der Waals surface area contributed by atoms with Crippen LogP contribution < -0.4 is 11.5 Å². The fourth-order valence-corrected chi connectivity index (χ4v) is 3.91. The maximum atomic E-state index is 6.21. The number of hydrogen-bond acceptors (Lipinski definition) is 3. The second-order valence-electron chi connectivity index (χ2n) is 8.05. The standard InChI is InChI=1S/C19H23N5.C5H12/c1-12-3-8-15-16(9-12)22-19(21)18-17(15)24(23(18)2)11-14-6-4-13(10-20)5-7-14;1-3-5-4-2/h3-8,12H,9-11,20H2,1-2H3,(H2,21,22);3-5H2,1-2H3. The second-order valence-corrected chi connectivity index (χ2v) is 8.05. The van der Waals surface area contributed by atoms with E-state index in [0.29, 0.717) is 18.3 Å². The Hall–Kier alpha value is -2.53. The van der Waals surface area contributed by atoms with Crippen molar-refractivity contribution < 1.29 is 0 Å². The number of anilines is 1. The predicted octanol–water partition coefficient (Wildman–Crippen LogP) is 4.87. The predicted molar refractivity (Wildman–Crippen MR) is 124 cm³/mol. The summed E-state index contributed by atoms with van der Waals surface area (Å²) in [4.78, 5) is 4.63. The van der Waals surface area contributed by atoms with Gasteiger partial charge in [-0.1, -0.05) is 76.5 Å². The highest BCUT2D eigenvalue weighted by Gasteiger charge is 2.23. The van der Waals surface area contributed by atoms with Gasteiger partial charge in [-0.2, -0.15) is 0 Å². The van der Waals surface area contributed by atoms with Crippen molar-refractivity contribution in [2.45, 2.75) is 59.5 Å². The van der Waals surface area contributed by atoms with Crippen molar-refractivity contribution in [2.24, 2.45) is 18.7 Å². The van der Waals surface area contributed by atoms with E-state index in [1.807, 2.05) is 7.05 Å². The van der Waals surface area contributed by atoms with Gasteiger partial charge in [-0.05, 0) is 23.5 Å². The smallest absolute Gasteiger partial charge is 0.151 e. The zero-order chi connectivity index (χ0) is 21.0. The summed E-state index contributed by atoms with van der Waals surface area (Å²) < 4.78 is 4.37. The molecule has 1 aliphatic carbocycles. The highest BCUT2D eigenvalue weighted by Crippen LogP contribution is 2.34. The van der Waals surface area contributed by atoms with E-state index >= 15 is 0 Å². The zero-order valence-electron chi connectivity index (χ0n) is 18.3. The van der Waals surface area contributed by atoms with E-state index in [9.17, 15) is 0 Å². The Balaban J connectivity index is 0.000000431. The lowest BCUT2D eigenvalue weighted by Gasteiger charge is -2.29. The van der Waals surface area contributed by atoms with Gasteiger partial charge in [0.25, 0.3) is 0 Å². The minimum Gasteiger partial charge on any atom is -0.382 e. The van der Waals surface area contributed by atoms with Crippen molar-refractivity contribution in [1.29, 1.82) is 0 Å². The average molecular weight is 394 g/mol. The first kappa shape index (κ1) is 21.2. The lowest BCUT2D eigenvalue weighted by Crippen LogP contribution is -2.25. The van der Waals surface area contributed by atoms with Crippen LogP contribution in [0, 0.1) is 5.92 Å². The molecule has 0 spiro atoms. The summed E-state index contributed by atoms with van der Waals surface area (Å²) in [7, 11) is 2.04. The first-order valence-corrected chi connectivity index (χ1v) is 10.8. The van der Waals surface area contributed by atoms with E-state index in [4.69, 9.17) is 11.5 Å². The molecule has 1 aliphatic rings. The zero-order valence-corrected chi connectivity index (χ0v) is 18.3. The van der Waals surface area contributed by atoms with E-state index in [-0.39, 0.29) is 0 Å². The number of allylic oxidation sites excluding steroid dienone is 1. The highest BCUT2D eigenvalue weighted by atomic mass is 15.4. The monoisotopic (exact) mass is 393 g/mol. The molecule has 2 aromatic heterocycles. The van der Waals surface area contributed by atoms with Crippen molar-refractivity contribution >= 4 is 22.9 Å². The molecule has 4 rings (SSSR count). The third kappa shape index (κ3) is 4.40. The summed E-state index contributed by atoms with van der Waals surface area (Å²) in [5, 5.41) is 0. The lowest BCUT2D eigenvalue weighted by molar-refractivity contribution is 0.543. The van der Waals surface area contributed by atoms with Gasteiger partial charge < -0.3 is 11.5 Å². The minimum absolute atomic E-state index is 0.512. The van der Waals surface area contributed by atoms with Crippen LogP contribution >= 0.6 is 0 Å². The molecule has 0 fully saturated rings. The molecule has 5 nitrogen and oxygen atoms in total. The molecule has 0 radical (unpaired) electrons. The van der Waals surface area contributed by atoms with Gasteiger partial charge >= 0.3 is 0 Å². The Kier molecular flexibility index (Phi) is 6.80. The summed E-state index contributed by atoms with van der Waals surface area (Å²) in [6.45, 7) is 8.02. The van der Waals surface area contributed by atoms with Crippen LogP contribution in [-0.4, -0.2) is 14.3 Å². The van der Waals surface area contributed by atoms with Crippen LogP contribution in [0.15, 0.2) is 30.3 Å². The highest BCUT2D eigenvalue weighted by molar-refractivity contribution is 5.95. The topological polar surface area (TPSA) is 74.8 Å². The number of rotatable bonds is 5. The first-order chi connectivity index (χ1) is 14.0. The third-order valence-electron chi connectivity index (χ3n) is 5.64. The molecule has 1 aromatic carbocycles. The van der Waals surface area contributed by atoms with Gasteiger partial charge in [0.05, 0.1) is 17.8 Å². The minimum atomic E-state index is 0.512. The van der Waals surface area contributed by atoms with Crippen LogP contribution in [0.25, 0.3) is 17.1 Å². The van der Waals surface area contributed by atoms with Gasteiger partial charge in [0, 0.05) is 19.2 Å². The molecule has 0 bridgehead atoms. The molecule has 29 heavy (non-hydrogen) atoms. The molecule has 0 saturated heterocycles. The molecule has 1 unspecified atom stereocenters. The summed E-state index contributed by atoms with van der Waals surface area (Å²) >= 11 is 0. The van der Waals surface area contributed by atoms with E-state index < -0.39 is 0 Å². The second kappa shape index (κ2) is 9.31. The SMILES string of the molecule is CC1C=Cc2c(nc(N)c3c2n(Cc2ccc(CN)cc2)n3C)C1.CCCCC. The maximum absolute atomic E-state index is 6.21. The van der Waals surface area contributed by atoms with E-state index in [0.717, 1.165) is 29.7 Å². The Morgan fingerprint density at radius 3 is 2.31 bits per heavy atom. The molecular formula is C24H35N5. The van der Waals surface area contributed by atoms with E-state index in [2.05, 4.69) is 71.5 Å². The number of unbranched alkanes of at least 4 members (excludes halogenated alkanes) is 2. The number of aromatic nitrogens is 3. The van der Waals surface area contributed by atoms with Crippen LogP contribution in [0.2, 0.25) is 0 Å². The van der Waals surface area contributed by atoms with Crippen LogP contribution in [0.1, 0.15) is 62.4 Å². The molecule has 1 atom stereocenters. The molecule has 0 amide bonds. The number of fused-ring (bicyclic) bond motifs is 3. The van der Waals surface area contributed by atoms with E-state index in [1.54, 1.807) is 0 Å². The molecule has 5 heteroatoms. The number of hydrogen-bond donors (Lipinski definition) is 2. The fraction of sp³-hybridized carbons (Fsp3) is 0.458. The van der Waals surface area contributed by atoms with Crippen molar-refractivity contribution in [3.8, 4) is 0 Å². The maximum Gasteiger partial charge on any atom is 0.151 e. The van der Waals surface area contributed by atoms with Crippen LogP contribution in [0.3, 0.4) is 0 Å². The van der Waals surface area contributed by atoms with Gasteiger partial charge in [-0.25, -0.2) is 4.98 Å². The normalized spacial score (nSPS) is 15.3. The summed E-state index contributed by atoms with van der Waals surface area (Å²) in [5.74, 6) is 1.14. The van der Waals surface area contributed by atoms with Gasteiger partial charge in [0.15, 0.2) is 5.82 Å². The number of nitrogen functional groups attached to an aromatic ring is 1. The molecule has 156 valence electrons. The third-order valence-corrected chi connectivity index (χ3v) is 5.64. The number of aryl methyl sites for hydroxylation is 1. The van der Waals surface area contributed by atoms with Crippen LogP contribution in [0.5, 0.6) is 0 Å². The number of benzene rings is 1. The molecule has 4 N–H and O–H groups in total. The molecule has 0 saturated carbocycles. The van der Waals surface area contributed by atoms with Gasteiger partial charge in [-0.3, -0.25) is 9.36 Å². The van der Waals surface area contributed by atoms with Crippen molar-refractivity contribution in [3.63, 3.8) is 0 Å². The first-order valence-electron chi connectivity index (χ1n) is 10.8. The number of pyridine rings is 1. The van der Waals surface area contributed by atoms with Gasteiger partial charge in [0.1, 0.15) is 5.52 Å². The molecule has 3 aromatic rings. The quantitative estimate of drug-likeness (QED) is 0.649. The Morgan fingerprint density at radius 1 is 1.07 bits per heavy atom. The molecule has 0 aliphatic heterocycles. The van der Waals surface area contributed by atoms with Gasteiger partial charge in [-0.15, -0.1) is 0 Å². The summed E-state index contributed by atoms with van der Waals surface area (Å²) in [6, 6.07) is 8.47. The largest absolute Gasteiger partial charge is 0.382 e. The Morgan fingerprint density at radius 2 is 1.72 bits per heavy atom. The molecular weight excluding hydrogens is 358 g/mol. The lowest BCUT2D eigenvalue weighted by atomic mass is 9.93. The fourth-order valence-electron chi connectivity index (χ4n) is 3.91.